The van der Waals surface area contributed by atoms with Gasteiger partial charge in [0.05, 0.1) is 5.52 Å². The van der Waals surface area contributed by atoms with Gasteiger partial charge in [0.25, 0.3) is 0 Å². The predicted octanol–water partition coefficient (Wildman–Crippen LogP) is 2.46. The molecule has 0 aliphatic heterocycles. The fourth-order valence-electron chi connectivity index (χ4n) is 3.23. The average molecular weight is 273 g/mol. The third-order valence-electron chi connectivity index (χ3n) is 4.50. The maximum Gasteiger partial charge on any atom is 0.179 e. The molecule has 1 fully saturated rings. The standard InChI is InChI=1S/C15H23N5/c1-16-12-7-6-11-14(19-12)20-13(18-11)10-15(17-2)8-4-3-5-9-15/h6-7,17H,3-5,8-10H2,1-2H3,(H2,16,18,19,20). The van der Waals surface area contributed by atoms with Crippen LogP contribution in [0.1, 0.15) is 37.9 Å². The van der Waals surface area contributed by atoms with Crippen molar-refractivity contribution in [3.63, 3.8) is 0 Å². The van der Waals surface area contributed by atoms with Gasteiger partial charge < -0.3 is 15.6 Å². The molecule has 0 spiro atoms. The van der Waals surface area contributed by atoms with Crippen LogP contribution in [-0.2, 0) is 6.42 Å². The highest BCUT2D eigenvalue weighted by Gasteiger charge is 2.31. The van der Waals surface area contributed by atoms with E-state index in [2.05, 4.69) is 32.6 Å². The Morgan fingerprint density at radius 3 is 2.65 bits per heavy atom. The first-order valence-electron chi connectivity index (χ1n) is 7.47. The fourth-order valence-corrected chi connectivity index (χ4v) is 3.23. The minimum Gasteiger partial charge on any atom is -0.373 e. The van der Waals surface area contributed by atoms with Crippen molar-refractivity contribution in [2.24, 2.45) is 0 Å². The Hall–Kier alpha value is -1.62. The van der Waals surface area contributed by atoms with Crippen LogP contribution in [0.25, 0.3) is 11.2 Å². The van der Waals surface area contributed by atoms with Crippen molar-refractivity contribution in [1.82, 2.24) is 20.3 Å². The van der Waals surface area contributed by atoms with Gasteiger partial charge in [-0.05, 0) is 32.0 Å². The molecule has 1 saturated carbocycles. The number of aromatic amines is 1. The van der Waals surface area contributed by atoms with E-state index in [4.69, 9.17) is 0 Å². The molecular formula is C15H23N5. The topological polar surface area (TPSA) is 65.6 Å². The SMILES string of the molecule is CNc1ccc2[nH]c(CC3(NC)CCCCC3)nc2n1. The second-order valence-corrected chi connectivity index (χ2v) is 5.77. The molecule has 0 amide bonds. The third kappa shape index (κ3) is 2.50. The summed E-state index contributed by atoms with van der Waals surface area (Å²) in [4.78, 5) is 12.6. The molecule has 3 rings (SSSR count). The fraction of sp³-hybridized carbons (Fsp3) is 0.600. The number of rotatable bonds is 4. The Balaban J connectivity index is 1.86. The van der Waals surface area contributed by atoms with Crippen molar-refractivity contribution in [2.45, 2.75) is 44.1 Å². The van der Waals surface area contributed by atoms with Gasteiger partial charge in [0.1, 0.15) is 11.6 Å². The van der Waals surface area contributed by atoms with Crippen molar-refractivity contribution < 1.29 is 0 Å². The smallest absolute Gasteiger partial charge is 0.179 e. The van der Waals surface area contributed by atoms with Gasteiger partial charge in [-0.3, -0.25) is 0 Å². The van der Waals surface area contributed by atoms with E-state index in [1.54, 1.807) is 0 Å². The van der Waals surface area contributed by atoms with Gasteiger partial charge in [-0.2, -0.15) is 0 Å². The van der Waals surface area contributed by atoms with Crippen LogP contribution < -0.4 is 10.6 Å². The number of fused-ring (bicyclic) bond motifs is 1. The monoisotopic (exact) mass is 273 g/mol. The van der Waals surface area contributed by atoms with E-state index in [9.17, 15) is 0 Å². The van der Waals surface area contributed by atoms with Crippen LogP contribution in [0.15, 0.2) is 12.1 Å². The zero-order valence-electron chi connectivity index (χ0n) is 12.3. The summed E-state index contributed by atoms with van der Waals surface area (Å²) in [5, 5.41) is 6.59. The summed E-state index contributed by atoms with van der Waals surface area (Å²) in [7, 11) is 3.95. The van der Waals surface area contributed by atoms with E-state index in [1.807, 2.05) is 19.2 Å². The maximum absolute atomic E-state index is 4.66. The van der Waals surface area contributed by atoms with Gasteiger partial charge in [-0.25, -0.2) is 9.97 Å². The molecule has 0 radical (unpaired) electrons. The number of anilines is 1. The number of nitrogens with zero attached hydrogens (tertiary/aromatic N) is 2. The van der Waals surface area contributed by atoms with Crippen molar-refractivity contribution in [3.8, 4) is 0 Å². The second-order valence-electron chi connectivity index (χ2n) is 5.77. The van der Waals surface area contributed by atoms with Gasteiger partial charge in [0.15, 0.2) is 5.65 Å². The maximum atomic E-state index is 4.66. The van der Waals surface area contributed by atoms with Crippen LogP contribution in [0.2, 0.25) is 0 Å². The van der Waals surface area contributed by atoms with Crippen LogP contribution in [0.4, 0.5) is 5.82 Å². The molecule has 2 aromatic rings. The molecule has 3 N–H and O–H groups in total. The largest absolute Gasteiger partial charge is 0.373 e. The summed E-state index contributed by atoms with van der Waals surface area (Å²) in [5.41, 5.74) is 2.02. The predicted molar refractivity (Wildman–Crippen MR) is 82.0 cm³/mol. The quantitative estimate of drug-likeness (QED) is 0.800. The Morgan fingerprint density at radius 1 is 1.15 bits per heavy atom. The molecule has 2 heterocycles. The van der Waals surface area contributed by atoms with E-state index in [0.717, 1.165) is 29.2 Å². The average Bonchev–Trinajstić information content (AvgIpc) is 2.89. The van der Waals surface area contributed by atoms with Crippen LogP contribution >= 0.6 is 0 Å². The number of hydrogen-bond acceptors (Lipinski definition) is 4. The number of hydrogen-bond donors (Lipinski definition) is 3. The van der Waals surface area contributed by atoms with E-state index < -0.39 is 0 Å². The Bertz CT molecular complexity index is 583. The number of likely N-dealkylation sites (N-methyl/N-ethyl adjacent to an activating group) is 1. The minimum atomic E-state index is 0.206. The van der Waals surface area contributed by atoms with Crippen LogP contribution in [0.3, 0.4) is 0 Å². The van der Waals surface area contributed by atoms with Crippen molar-refractivity contribution in [2.75, 3.05) is 19.4 Å². The molecule has 0 atom stereocenters. The van der Waals surface area contributed by atoms with Crippen LogP contribution in [0.5, 0.6) is 0 Å². The highest BCUT2D eigenvalue weighted by atomic mass is 15.1. The van der Waals surface area contributed by atoms with Gasteiger partial charge >= 0.3 is 0 Å². The first-order valence-corrected chi connectivity index (χ1v) is 7.47. The number of imidazole rings is 1. The second kappa shape index (κ2) is 5.40. The first-order chi connectivity index (χ1) is 9.74. The van der Waals surface area contributed by atoms with Crippen LogP contribution in [-0.4, -0.2) is 34.6 Å². The molecule has 0 aromatic carbocycles. The Morgan fingerprint density at radius 2 is 1.95 bits per heavy atom. The van der Waals surface area contributed by atoms with Gasteiger partial charge in [-0.15, -0.1) is 0 Å². The summed E-state index contributed by atoms with van der Waals surface area (Å²) in [6.07, 6.45) is 7.39. The van der Waals surface area contributed by atoms with Gasteiger partial charge in [-0.1, -0.05) is 19.3 Å². The highest BCUT2D eigenvalue weighted by molar-refractivity contribution is 5.72. The van der Waals surface area contributed by atoms with E-state index in [1.165, 1.54) is 32.1 Å². The lowest BCUT2D eigenvalue weighted by Crippen LogP contribution is -2.46. The molecule has 1 aliphatic rings. The molecular weight excluding hydrogens is 250 g/mol. The molecule has 5 nitrogen and oxygen atoms in total. The normalized spacial score (nSPS) is 18.3. The van der Waals surface area contributed by atoms with E-state index >= 15 is 0 Å². The molecule has 0 bridgehead atoms. The highest BCUT2D eigenvalue weighted by Crippen LogP contribution is 2.30. The Labute approximate surface area is 119 Å². The Kier molecular flexibility index (Phi) is 3.61. The molecule has 5 heteroatoms. The zero-order valence-corrected chi connectivity index (χ0v) is 12.3. The van der Waals surface area contributed by atoms with E-state index in [0.29, 0.717) is 0 Å². The summed E-state index contributed by atoms with van der Waals surface area (Å²) < 4.78 is 0. The lowest BCUT2D eigenvalue weighted by molar-refractivity contribution is 0.241. The van der Waals surface area contributed by atoms with Gasteiger partial charge in [0.2, 0.25) is 0 Å². The zero-order chi connectivity index (χ0) is 14.0. The van der Waals surface area contributed by atoms with Crippen molar-refractivity contribution in [1.29, 1.82) is 0 Å². The minimum absolute atomic E-state index is 0.206. The molecule has 1 aliphatic carbocycles. The number of nitrogens with one attached hydrogen (secondary N) is 3. The first kappa shape index (κ1) is 13.4. The number of aromatic nitrogens is 3. The molecule has 108 valence electrons. The number of H-pyrrole nitrogens is 1. The number of pyridine rings is 1. The molecule has 20 heavy (non-hydrogen) atoms. The summed E-state index contributed by atoms with van der Waals surface area (Å²) in [6, 6.07) is 4.01. The van der Waals surface area contributed by atoms with Crippen LogP contribution in [0, 0.1) is 0 Å². The molecule has 0 saturated heterocycles. The van der Waals surface area contributed by atoms with E-state index in [-0.39, 0.29) is 5.54 Å². The summed E-state index contributed by atoms with van der Waals surface area (Å²) in [5.74, 6) is 1.90. The third-order valence-corrected chi connectivity index (χ3v) is 4.50. The summed E-state index contributed by atoms with van der Waals surface area (Å²) >= 11 is 0. The molecule has 0 unspecified atom stereocenters. The summed E-state index contributed by atoms with van der Waals surface area (Å²) in [6.45, 7) is 0. The van der Waals surface area contributed by atoms with Crippen molar-refractivity contribution >= 4 is 17.0 Å². The van der Waals surface area contributed by atoms with Crippen molar-refractivity contribution in [3.05, 3.63) is 18.0 Å². The lowest BCUT2D eigenvalue weighted by atomic mass is 9.79. The van der Waals surface area contributed by atoms with Gasteiger partial charge in [0, 0.05) is 19.0 Å². The lowest BCUT2D eigenvalue weighted by Gasteiger charge is -2.36. The molecule has 2 aromatic heterocycles.